The van der Waals surface area contributed by atoms with Crippen molar-refractivity contribution in [3.8, 4) is 0 Å². The first-order valence-corrected chi connectivity index (χ1v) is 8.49. The molecule has 0 atom stereocenters. The van der Waals surface area contributed by atoms with Crippen LogP contribution in [0.1, 0.15) is 28.5 Å². The van der Waals surface area contributed by atoms with Crippen LogP contribution in [0.3, 0.4) is 0 Å². The van der Waals surface area contributed by atoms with Gasteiger partial charge in [0.15, 0.2) is 0 Å². The van der Waals surface area contributed by atoms with Gasteiger partial charge in [0.1, 0.15) is 10.7 Å². The molecule has 1 aromatic carbocycles. The number of hydrogen-bond acceptors (Lipinski definition) is 4. The molecule has 0 saturated heterocycles. The molecule has 2 aromatic rings. The van der Waals surface area contributed by atoms with E-state index in [1.807, 2.05) is 11.6 Å². The summed E-state index contributed by atoms with van der Waals surface area (Å²) < 4.78 is 28.0. The zero-order chi connectivity index (χ0) is 16.5. The highest BCUT2D eigenvalue weighted by atomic mass is 35.5. The number of sulfonamides is 1. The summed E-state index contributed by atoms with van der Waals surface area (Å²) in [5.41, 5.74) is 1.23. The third kappa shape index (κ3) is 3.15. The fraction of sp³-hybridized carbons (Fsp3) is 0.286. The summed E-state index contributed by atoms with van der Waals surface area (Å²) in [6.07, 6.45) is 0. The van der Waals surface area contributed by atoms with E-state index >= 15 is 0 Å². The Morgan fingerprint density at radius 3 is 2.59 bits per heavy atom. The molecule has 0 unspecified atom stereocenters. The smallest absolute Gasteiger partial charge is 0.268 e. The molecule has 1 amide bonds. The lowest BCUT2D eigenvalue weighted by molar-refractivity contribution is 0.0981. The zero-order valence-corrected chi connectivity index (χ0v) is 14.0. The third-order valence-electron chi connectivity index (χ3n) is 3.12. The Labute approximate surface area is 134 Å². The molecule has 118 valence electrons. The summed E-state index contributed by atoms with van der Waals surface area (Å²) in [6, 6.07) is 6.29. The van der Waals surface area contributed by atoms with Gasteiger partial charge >= 0.3 is 0 Å². The molecule has 2 rings (SSSR count). The number of amides is 1. The monoisotopic (exact) mass is 341 g/mol. The fourth-order valence-corrected chi connectivity index (χ4v) is 3.48. The van der Waals surface area contributed by atoms with E-state index in [0.29, 0.717) is 12.2 Å². The molecule has 0 aliphatic heterocycles. The number of aromatic nitrogens is 2. The minimum Gasteiger partial charge on any atom is -0.268 e. The van der Waals surface area contributed by atoms with Gasteiger partial charge in [0.25, 0.3) is 15.9 Å². The zero-order valence-electron chi connectivity index (χ0n) is 12.4. The van der Waals surface area contributed by atoms with E-state index in [1.54, 1.807) is 26.0 Å². The molecule has 0 aliphatic carbocycles. The molecule has 0 bridgehead atoms. The Balaban J connectivity index is 2.35. The van der Waals surface area contributed by atoms with Gasteiger partial charge in [-0.15, -0.1) is 0 Å². The van der Waals surface area contributed by atoms with Crippen molar-refractivity contribution in [1.29, 1.82) is 0 Å². The van der Waals surface area contributed by atoms with Crippen molar-refractivity contribution in [3.05, 3.63) is 46.2 Å². The number of halogens is 1. The molecule has 0 spiro atoms. The normalized spacial score (nSPS) is 11.5. The molecular weight excluding hydrogens is 326 g/mol. The lowest BCUT2D eigenvalue weighted by atomic mass is 10.2. The second-order valence-electron chi connectivity index (χ2n) is 4.82. The summed E-state index contributed by atoms with van der Waals surface area (Å²) in [5, 5.41) is 4.22. The van der Waals surface area contributed by atoms with Crippen molar-refractivity contribution in [1.82, 2.24) is 14.5 Å². The Hall–Kier alpha value is -1.86. The van der Waals surface area contributed by atoms with Crippen LogP contribution in [0.5, 0.6) is 0 Å². The topological polar surface area (TPSA) is 81.1 Å². The Morgan fingerprint density at radius 1 is 1.36 bits per heavy atom. The number of hydrogen-bond donors (Lipinski definition) is 1. The first-order valence-electron chi connectivity index (χ1n) is 6.63. The summed E-state index contributed by atoms with van der Waals surface area (Å²) in [7, 11) is -3.96. The molecule has 0 radical (unpaired) electrons. The molecule has 1 N–H and O–H groups in total. The molecule has 1 aromatic heterocycles. The van der Waals surface area contributed by atoms with Crippen molar-refractivity contribution in [2.24, 2.45) is 0 Å². The second-order valence-corrected chi connectivity index (χ2v) is 6.86. The Morgan fingerprint density at radius 2 is 2.05 bits per heavy atom. The van der Waals surface area contributed by atoms with Crippen LogP contribution in [0, 0.1) is 13.8 Å². The summed E-state index contributed by atoms with van der Waals surface area (Å²) in [4.78, 5) is 12.3. The molecule has 0 aliphatic rings. The molecular formula is C14H16ClN3O3S. The Kier molecular flexibility index (Phi) is 4.58. The minimum absolute atomic E-state index is 0.0255. The van der Waals surface area contributed by atoms with Crippen molar-refractivity contribution in [2.45, 2.75) is 32.2 Å². The fourth-order valence-electron chi connectivity index (χ4n) is 2.04. The van der Waals surface area contributed by atoms with Crippen LogP contribution in [0.15, 0.2) is 29.2 Å². The number of nitrogens with one attached hydrogen (secondary N) is 1. The van der Waals surface area contributed by atoms with E-state index < -0.39 is 15.9 Å². The lowest BCUT2D eigenvalue weighted by Crippen LogP contribution is -2.31. The average Bonchev–Trinajstić information content (AvgIpc) is 2.72. The van der Waals surface area contributed by atoms with Gasteiger partial charge in [0.2, 0.25) is 0 Å². The van der Waals surface area contributed by atoms with Crippen LogP contribution in [-0.4, -0.2) is 24.1 Å². The van der Waals surface area contributed by atoms with E-state index in [4.69, 9.17) is 11.6 Å². The Bertz CT molecular complexity index is 828. The summed E-state index contributed by atoms with van der Waals surface area (Å²) in [5.74, 6) is -0.788. The molecule has 0 saturated carbocycles. The molecule has 0 fully saturated rings. The predicted octanol–water partition coefficient (Wildman–Crippen LogP) is 2.29. The summed E-state index contributed by atoms with van der Waals surface area (Å²) >= 11 is 6.07. The van der Waals surface area contributed by atoms with Crippen LogP contribution < -0.4 is 4.72 Å². The van der Waals surface area contributed by atoms with Gasteiger partial charge in [-0.1, -0.05) is 23.7 Å². The van der Waals surface area contributed by atoms with Crippen LogP contribution >= 0.6 is 11.6 Å². The van der Waals surface area contributed by atoms with Crippen LogP contribution in [0.25, 0.3) is 0 Å². The van der Waals surface area contributed by atoms with Gasteiger partial charge in [0, 0.05) is 6.54 Å². The van der Waals surface area contributed by atoms with E-state index in [2.05, 4.69) is 5.10 Å². The van der Waals surface area contributed by atoms with E-state index in [9.17, 15) is 13.2 Å². The van der Waals surface area contributed by atoms with E-state index in [0.717, 1.165) is 5.56 Å². The standard InChI is InChI=1S/C14H16ClN3O3S/c1-4-18-13(15)12(10(3)16-18)14(19)17-22(20,21)11-7-5-6-9(2)8-11/h5-8H,4H2,1-3H3,(H,17,19). The largest absolute Gasteiger partial charge is 0.270 e. The average molecular weight is 342 g/mol. The molecule has 1 heterocycles. The number of nitrogens with zero attached hydrogens (tertiary/aromatic N) is 2. The van der Waals surface area contributed by atoms with Crippen molar-refractivity contribution in [2.75, 3.05) is 0 Å². The highest BCUT2D eigenvalue weighted by Gasteiger charge is 2.25. The van der Waals surface area contributed by atoms with Gasteiger partial charge in [-0.25, -0.2) is 13.1 Å². The molecule has 8 heteroatoms. The maximum Gasteiger partial charge on any atom is 0.270 e. The highest BCUT2D eigenvalue weighted by molar-refractivity contribution is 7.90. The predicted molar refractivity (Wildman–Crippen MR) is 83.5 cm³/mol. The van der Waals surface area contributed by atoms with Crippen LogP contribution in [0.4, 0.5) is 0 Å². The van der Waals surface area contributed by atoms with Crippen molar-refractivity contribution >= 4 is 27.5 Å². The lowest BCUT2D eigenvalue weighted by Gasteiger charge is -2.07. The van der Waals surface area contributed by atoms with Crippen LogP contribution in [-0.2, 0) is 16.6 Å². The first kappa shape index (κ1) is 16.5. The molecule has 22 heavy (non-hydrogen) atoms. The minimum atomic E-state index is -3.96. The van der Waals surface area contributed by atoms with Crippen molar-refractivity contribution < 1.29 is 13.2 Å². The number of carbonyl (C=O) groups is 1. The van der Waals surface area contributed by atoms with Gasteiger partial charge in [-0.3, -0.25) is 9.48 Å². The number of carbonyl (C=O) groups excluding carboxylic acids is 1. The molecule has 6 nitrogen and oxygen atoms in total. The van der Waals surface area contributed by atoms with Gasteiger partial charge < -0.3 is 0 Å². The highest BCUT2D eigenvalue weighted by Crippen LogP contribution is 2.20. The SMILES string of the molecule is CCn1nc(C)c(C(=O)NS(=O)(=O)c2cccc(C)c2)c1Cl. The van der Waals surface area contributed by atoms with Gasteiger partial charge in [-0.2, -0.15) is 5.10 Å². The first-order chi connectivity index (χ1) is 10.3. The quantitative estimate of drug-likeness (QED) is 0.925. The maximum atomic E-state index is 12.3. The number of rotatable bonds is 4. The van der Waals surface area contributed by atoms with E-state index in [-0.39, 0.29) is 15.6 Å². The number of aryl methyl sites for hydroxylation is 3. The van der Waals surface area contributed by atoms with Crippen molar-refractivity contribution in [3.63, 3.8) is 0 Å². The summed E-state index contributed by atoms with van der Waals surface area (Å²) in [6.45, 7) is 5.68. The van der Waals surface area contributed by atoms with Gasteiger partial charge in [-0.05, 0) is 38.5 Å². The second kappa shape index (κ2) is 6.10. The van der Waals surface area contributed by atoms with E-state index in [1.165, 1.54) is 16.8 Å². The third-order valence-corrected chi connectivity index (χ3v) is 4.83. The number of benzene rings is 1. The van der Waals surface area contributed by atoms with Gasteiger partial charge in [0.05, 0.1) is 10.6 Å². The maximum absolute atomic E-state index is 12.3. The van der Waals surface area contributed by atoms with Crippen LogP contribution in [0.2, 0.25) is 5.15 Å².